The van der Waals surface area contributed by atoms with Gasteiger partial charge >= 0.3 is 5.97 Å². The number of halogens is 1. The largest absolute Gasteiger partial charge is 0.480 e. The number of carboxylic acids is 1. The molecule has 19 heavy (non-hydrogen) atoms. The second-order valence-electron chi connectivity index (χ2n) is 3.75. The van der Waals surface area contributed by atoms with Gasteiger partial charge in [-0.2, -0.15) is 0 Å². The molecule has 1 N–H and O–H groups in total. The molecular formula is C11H12ClNO5S. The maximum atomic E-state index is 12.0. The molecule has 0 saturated carbocycles. The molecular weight excluding hydrogens is 294 g/mol. The summed E-state index contributed by atoms with van der Waals surface area (Å²) in [6.07, 6.45) is 0.181. The number of hydrogen-bond acceptors (Lipinski definition) is 4. The van der Waals surface area contributed by atoms with Crippen LogP contribution in [0.3, 0.4) is 0 Å². The van der Waals surface area contributed by atoms with E-state index in [1.54, 1.807) is 6.92 Å². The first-order valence-corrected chi connectivity index (χ1v) is 7.16. The van der Waals surface area contributed by atoms with Gasteiger partial charge < -0.3 is 5.11 Å². The normalized spacial score (nSPS) is 13.8. The molecule has 0 spiro atoms. The Morgan fingerprint density at radius 2 is 2.21 bits per heavy atom. The summed E-state index contributed by atoms with van der Waals surface area (Å²) in [4.78, 5) is 21.1. The van der Waals surface area contributed by atoms with Gasteiger partial charge in [-0.3, -0.25) is 19.1 Å². The van der Waals surface area contributed by atoms with Crippen molar-refractivity contribution >= 4 is 34.1 Å². The molecule has 0 amide bonds. The summed E-state index contributed by atoms with van der Waals surface area (Å²) in [5, 5.41) is 18.8. The Morgan fingerprint density at radius 3 is 2.68 bits per heavy atom. The molecule has 2 atom stereocenters. The van der Waals surface area contributed by atoms with Crippen molar-refractivity contribution in [3.63, 3.8) is 0 Å². The van der Waals surface area contributed by atoms with Crippen LogP contribution in [0, 0.1) is 10.1 Å². The number of carbonyl (C=O) groups is 1. The average molecular weight is 306 g/mol. The van der Waals surface area contributed by atoms with Gasteiger partial charge in [0.05, 0.1) is 21.3 Å². The van der Waals surface area contributed by atoms with E-state index in [1.165, 1.54) is 18.2 Å². The summed E-state index contributed by atoms with van der Waals surface area (Å²) in [6.45, 7) is 1.59. The first-order valence-electron chi connectivity index (χ1n) is 5.40. The average Bonchev–Trinajstić information content (AvgIpc) is 2.31. The van der Waals surface area contributed by atoms with Gasteiger partial charge in [-0.25, -0.2) is 0 Å². The molecule has 8 heteroatoms. The van der Waals surface area contributed by atoms with Gasteiger partial charge in [0, 0.05) is 16.9 Å². The number of hydrogen-bond donors (Lipinski definition) is 1. The fourth-order valence-electron chi connectivity index (χ4n) is 1.58. The minimum Gasteiger partial charge on any atom is -0.480 e. The van der Waals surface area contributed by atoms with E-state index in [9.17, 15) is 19.1 Å². The Kier molecular flexibility index (Phi) is 5.44. The quantitative estimate of drug-likeness (QED) is 0.642. The summed E-state index contributed by atoms with van der Waals surface area (Å²) in [6, 6.07) is 4.12. The van der Waals surface area contributed by atoms with E-state index in [4.69, 9.17) is 16.7 Å². The van der Waals surface area contributed by atoms with Gasteiger partial charge in [-0.15, -0.1) is 0 Å². The molecule has 1 rings (SSSR count). The third-order valence-electron chi connectivity index (χ3n) is 2.54. The number of aliphatic carboxylic acids is 1. The standard InChI is InChI=1S/C11H12ClNO5S/c1-2-10(11(14)15)19(18)6-7-8(12)4-3-5-9(7)13(16)17/h3-5,10H,2,6H2,1H3,(H,14,15). The molecule has 0 aliphatic rings. The Morgan fingerprint density at radius 1 is 1.58 bits per heavy atom. The van der Waals surface area contributed by atoms with Gasteiger partial charge in [-0.1, -0.05) is 24.6 Å². The Hall–Kier alpha value is -1.47. The fourth-order valence-corrected chi connectivity index (χ4v) is 3.28. The minimum absolute atomic E-state index is 0.104. The first-order chi connectivity index (χ1) is 8.88. The second-order valence-corrected chi connectivity index (χ2v) is 5.78. The zero-order valence-electron chi connectivity index (χ0n) is 10.0. The van der Waals surface area contributed by atoms with Crippen LogP contribution < -0.4 is 0 Å². The Bertz CT molecular complexity index is 534. The number of carboxylic acid groups (broad SMARTS) is 1. The van der Waals surface area contributed by atoms with Crippen molar-refractivity contribution in [2.45, 2.75) is 24.3 Å². The lowest BCUT2D eigenvalue weighted by Gasteiger charge is -2.10. The molecule has 1 aromatic rings. The molecule has 2 unspecified atom stereocenters. The molecule has 104 valence electrons. The van der Waals surface area contributed by atoms with Crippen molar-refractivity contribution in [1.29, 1.82) is 0 Å². The fraction of sp³-hybridized carbons (Fsp3) is 0.364. The van der Waals surface area contributed by atoms with E-state index in [0.717, 1.165) is 0 Å². The molecule has 0 radical (unpaired) electrons. The van der Waals surface area contributed by atoms with E-state index in [0.29, 0.717) is 0 Å². The van der Waals surface area contributed by atoms with Crippen molar-refractivity contribution in [2.24, 2.45) is 0 Å². The molecule has 0 bridgehead atoms. The van der Waals surface area contributed by atoms with E-state index in [1.807, 2.05) is 0 Å². The van der Waals surface area contributed by atoms with Gasteiger partial charge in [-0.05, 0) is 12.5 Å². The van der Waals surface area contributed by atoms with Crippen LogP contribution in [0.15, 0.2) is 18.2 Å². The molecule has 0 aliphatic carbocycles. The van der Waals surface area contributed by atoms with Crippen molar-refractivity contribution in [3.05, 3.63) is 38.9 Å². The third kappa shape index (κ3) is 3.74. The first kappa shape index (κ1) is 15.6. The van der Waals surface area contributed by atoms with Gasteiger partial charge in [0.2, 0.25) is 0 Å². The van der Waals surface area contributed by atoms with Crippen molar-refractivity contribution in [3.8, 4) is 0 Å². The van der Waals surface area contributed by atoms with Crippen LogP contribution in [0.25, 0.3) is 0 Å². The lowest BCUT2D eigenvalue weighted by molar-refractivity contribution is -0.385. The monoisotopic (exact) mass is 305 g/mol. The highest BCUT2D eigenvalue weighted by molar-refractivity contribution is 7.85. The number of nitro benzene ring substituents is 1. The van der Waals surface area contributed by atoms with Crippen LogP contribution in [0.2, 0.25) is 5.02 Å². The predicted molar refractivity (Wildman–Crippen MR) is 71.7 cm³/mol. The highest BCUT2D eigenvalue weighted by Gasteiger charge is 2.26. The van der Waals surface area contributed by atoms with Crippen LogP contribution in [-0.2, 0) is 21.3 Å². The number of nitro groups is 1. The topological polar surface area (TPSA) is 97.5 Å². The van der Waals surface area contributed by atoms with Crippen molar-refractivity contribution < 1.29 is 19.0 Å². The highest BCUT2D eigenvalue weighted by atomic mass is 35.5. The molecule has 0 heterocycles. The van der Waals surface area contributed by atoms with E-state index in [2.05, 4.69) is 0 Å². The lowest BCUT2D eigenvalue weighted by Crippen LogP contribution is -2.25. The molecule has 0 aliphatic heterocycles. The van der Waals surface area contributed by atoms with E-state index >= 15 is 0 Å². The number of nitrogens with zero attached hydrogens (tertiary/aromatic N) is 1. The minimum atomic E-state index is -1.76. The maximum absolute atomic E-state index is 12.0. The summed E-state index contributed by atoms with van der Waals surface area (Å²) in [7, 11) is -1.76. The second kappa shape index (κ2) is 6.63. The van der Waals surface area contributed by atoms with Crippen LogP contribution in [0.1, 0.15) is 18.9 Å². The summed E-state index contributed by atoms with van der Waals surface area (Å²) in [5.41, 5.74) is -0.145. The van der Waals surface area contributed by atoms with Crippen molar-refractivity contribution in [2.75, 3.05) is 0 Å². The number of benzene rings is 1. The van der Waals surface area contributed by atoms with Crippen LogP contribution in [-0.4, -0.2) is 25.5 Å². The molecule has 0 fully saturated rings. The molecule has 1 aromatic carbocycles. The molecule has 0 saturated heterocycles. The molecule has 0 aromatic heterocycles. The summed E-state index contributed by atoms with van der Waals surface area (Å²) >= 11 is 5.86. The zero-order valence-corrected chi connectivity index (χ0v) is 11.6. The van der Waals surface area contributed by atoms with Gasteiger partial charge in [0.1, 0.15) is 5.25 Å². The maximum Gasteiger partial charge on any atom is 0.319 e. The lowest BCUT2D eigenvalue weighted by atomic mass is 10.2. The van der Waals surface area contributed by atoms with Crippen LogP contribution >= 0.6 is 11.6 Å². The Labute approximate surface area is 117 Å². The van der Waals surface area contributed by atoms with E-state index in [-0.39, 0.29) is 28.4 Å². The number of rotatable bonds is 6. The van der Waals surface area contributed by atoms with Crippen LogP contribution in [0.5, 0.6) is 0 Å². The highest BCUT2D eigenvalue weighted by Crippen LogP contribution is 2.28. The molecule has 6 nitrogen and oxygen atoms in total. The summed E-state index contributed by atoms with van der Waals surface area (Å²) in [5.74, 6) is -1.43. The zero-order chi connectivity index (χ0) is 14.6. The SMILES string of the molecule is CCC(C(=O)O)S(=O)Cc1c(Cl)cccc1[N+](=O)[O-]. The van der Waals surface area contributed by atoms with Gasteiger partial charge in [0.15, 0.2) is 0 Å². The van der Waals surface area contributed by atoms with E-state index < -0.39 is 26.9 Å². The van der Waals surface area contributed by atoms with Crippen LogP contribution in [0.4, 0.5) is 5.69 Å². The summed E-state index contributed by atoms with van der Waals surface area (Å²) < 4.78 is 12.0. The Balaban J connectivity index is 3.09. The smallest absolute Gasteiger partial charge is 0.319 e. The predicted octanol–water partition coefficient (Wildman–Crippen LogP) is 2.36. The van der Waals surface area contributed by atoms with Gasteiger partial charge in [0.25, 0.3) is 5.69 Å². The third-order valence-corrected chi connectivity index (χ3v) is 4.64. The van der Waals surface area contributed by atoms with Crippen molar-refractivity contribution in [1.82, 2.24) is 0 Å².